The summed E-state index contributed by atoms with van der Waals surface area (Å²) in [6, 6.07) is 0.301. The summed E-state index contributed by atoms with van der Waals surface area (Å²) in [5, 5.41) is 0.699. The van der Waals surface area contributed by atoms with Gasteiger partial charge in [0.1, 0.15) is 0 Å². The van der Waals surface area contributed by atoms with E-state index >= 15 is 0 Å². The number of hydrogen-bond acceptors (Lipinski definition) is 2. The number of hydrogen-bond donors (Lipinski definition) is 1. The molecule has 0 saturated carbocycles. The van der Waals surface area contributed by atoms with Crippen molar-refractivity contribution in [1.82, 2.24) is 0 Å². The molecule has 88 valence electrons. The van der Waals surface area contributed by atoms with Gasteiger partial charge in [-0.3, -0.25) is 0 Å². The second-order valence-electron chi connectivity index (χ2n) is 4.72. The minimum Gasteiger partial charge on any atom is -0.324 e. The van der Waals surface area contributed by atoms with Gasteiger partial charge in [-0.2, -0.15) is 11.8 Å². The first-order valence-electron chi connectivity index (χ1n) is 6.26. The quantitative estimate of drug-likeness (QED) is 0.741. The summed E-state index contributed by atoms with van der Waals surface area (Å²) in [6.07, 6.45) is 10.4. The number of rotatable bonds is 4. The molecule has 0 aromatic carbocycles. The average molecular weight is 227 g/mol. The second kappa shape index (κ2) is 7.34. The van der Waals surface area contributed by atoms with Gasteiger partial charge in [-0.1, -0.05) is 38.3 Å². The van der Waals surface area contributed by atoms with Crippen LogP contribution in [0.15, 0.2) is 11.6 Å². The van der Waals surface area contributed by atoms with Crippen LogP contribution in [-0.4, -0.2) is 17.0 Å². The highest BCUT2D eigenvalue weighted by molar-refractivity contribution is 7.99. The van der Waals surface area contributed by atoms with Gasteiger partial charge in [0, 0.05) is 11.8 Å². The van der Waals surface area contributed by atoms with Crippen LogP contribution in [0.5, 0.6) is 0 Å². The molecule has 0 radical (unpaired) electrons. The maximum Gasteiger partial charge on any atom is 0.0345 e. The molecular weight excluding hydrogens is 202 g/mol. The standard InChI is InChI=1S/C13H25NS/c1-11(2)15-10-13(14)12-8-6-4-3-5-7-9-12/h8,11,13H,3-7,9-10,14H2,1-2H3. The van der Waals surface area contributed by atoms with Crippen molar-refractivity contribution in [1.29, 1.82) is 0 Å². The van der Waals surface area contributed by atoms with Crippen LogP contribution in [0, 0.1) is 0 Å². The van der Waals surface area contributed by atoms with Gasteiger partial charge in [0.15, 0.2) is 0 Å². The summed E-state index contributed by atoms with van der Waals surface area (Å²) in [5.74, 6) is 1.09. The summed E-state index contributed by atoms with van der Waals surface area (Å²) in [5.41, 5.74) is 7.74. The van der Waals surface area contributed by atoms with Crippen LogP contribution in [-0.2, 0) is 0 Å². The maximum atomic E-state index is 6.23. The molecule has 0 fully saturated rings. The Balaban J connectivity index is 2.37. The molecule has 1 aliphatic rings. The van der Waals surface area contributed by atoms with Gasteiger partial charge in [-0.05, 0) is 30.9 Å². The highest BCUT2D eigenvalue weighted by Crippen LogP contribution is 2.21. The molecule has 0 heterocycles. The third kappa shape index (κ3) is 5.62. The lowest BCUT2D eigenvalue weighted by Gasteiger charge is -2.19. The minimum atomic E-state index is 0.301. The Morgan fingerprint density at radius 3 is 2.73 bits per heavy atom. The van der Waals surface area contributed by atoms with E-state index in [0.717, 1.165) is 5.75 Å². The van der Waals surface area contributed by atoms with Gasteiger partial charge < -0.3 is 5.73 Å². The predicted octanol–water partition coefficient (Wildman–Crippen LogP) is 3.74. The SMILES string of the molecule is CC(C)SCC(N)C1=CCCCCCC1. The van der Waals surface area contributed by atoms with E-state index in [2.05, 4.69) is 19.9 Å². The zero-order valence-electron chi connectivity index (χ0n) is 10.2. The van der Waals surface area contributed by atoms with Crippen LogP contribution in [0.25, 0.3) is 0 Å². The monoisotopic (exact) mass is 227 g/mol. The zero-order chi connectivity index (χ0) is 11.1. The molecule has 0 aromatic heterocycles. The van der Waals surface area contributed by atoms with E-state index in [9.17, 15) is 0 Å². The van der Waals surface area contributed by atoms with Crippen molar-refractivity contribution in [3.8, 4) is 0 Å². The van der Waals surface area contributed by atoms with Crippen molar-refractivity contribution in [2.75, 3.05) is 5.75 Å². The van der Waals surface area contributed by atoms with Crippen molar-refractivity contribution >= 4 is 11.8 Å². The Kier molecular flexibility index (Phi) is 6.42. The van der Waals surface area contributed by atoms with Crippen molar-refractivity contribution in [3.63, 3.8) is 0 Å². The second-order valence-corrected chi connectivity index (χ2v) is 6.33. The molecule has 0 saturated heterocycles. The van der Waals surface area contributed by atoms with Gasteiger partial charge in [0.25, 0.3) is 0 Å². The van der Waals surface area contributed by atoms with Gasteiger partial charge >= 0.3 is 0 Å². The van der Waals surface area contributed by atoms with E-state index in [1.807, 2.05) is 11.8 Å². The van der Waals surface area contributed by atoms with Crippen molar-refractivity contribution in [2.45, 2.75) is 63.7 Å². The topological polar surface area (TPSA) is 26.0 Å². The third-order valence-electron chi connectivity index (χ3n) is 2.91. The Hall–Kier alpha value is 0.0500. The fraction of sp³-hybridized carbons (Fsp3) is 0.846. The van der Waals surface area contributed by atoms with Gasteiger partial charge in [0.05, 0.1) is 0 Å². The maximum absolute atomic E-state index is 6.23. The summed E-state index contributed by atoms with van der Waals surface area (Å²) in [6.45, 7) is 4.48. The van der Waals surface area contributed by atoms with Gasteiger partial charge in [0.2, 0.25) is 0 Å². The molecule has 1 unspecified atom stereocenters. The lowest BCUT2D eigenvalue weighted by Crippen LogP contribution is -2.26. The fourth-order valence-electron chi connectivity index (χ4n) is 1.96. The minimum absolute atomic E-state index is 0.301. The normalized spacial score (nSPS) is 20.7. The van der Waals surface area contributed by atoms with E-state index in [1.54, 1.807) is 0 Å². The lowest BCUT2D eigenvalue weighted by atomic mass is 9.96. The molecule has 0 aromatic rings. The summed E-state index contributed by atoms with van der Waals surface area (Å²) in [4.78, 5) is 0. The first kappa shape index (κ1) is 13.1. The van der Waals surface area contributed by atoms with Crippen molar-refractivity contribution < 1.29 is 0 Å². The summed E-state index contributed by atoms with van der Waals surface area (Å²) < 4.78 is 0. The molecule has 0 amide bonds. The molecule has 15 heavy (non-hydrogen) atoms. The van der Waals surface area contributed by atoms with E-state index < -0.39 is 0 Å². The average Bonchev–Trinajstić information content (AvgIpc) is 2.13. The molecule has 1 nitrogen and oxygen atoms in total. The van der Waals surface area contributed by atoms with Gasteiger partial charge in [-0.25, -0.2) is 0 Å². The Bertz CT molecular complexity index is 199. The van der Waals surface area contributed by atoms with Crippen LogP contribution in [0.4, 0.5) is 0 Å². The third-order valence-corrected chi connectivity index (χ3v) is 4.13. The Morgan fingerprint density at radius 1 is 1.27 bits per heavy atom. The Morgan fingerprint density at radius 2 is 2.00 bits per heavy atom. The van der Waals surface area contributed by atoms with E-state index in [1.165, 1.54) is 44.1 Å². The smallest absolute Gasteiger partial charge is 0.0345 e. The van der Waals surface area contributed by atoms with Gasteiger partial charge in [-0.15, -0.1) is 0 Å². The molecule has 0 spiro atoms. The van der Waals surface area contributed by atoms with E-state index in [0.29, 0.717) is 11.3 Å². The summed E-state index contributed by atoms with van der Waals surface area (Å²) >= 11 is 1.98. The lowest BCUT2D eigenvalue weighted by molar-refractivity contribution is 0.606. The number of thioether (sulfide) groups is 1. The highest BCUT2D eigenvalue weighted by atomic mass is 32.2. The largest absolute Gasteiger partial charge is 0.324 e. The fourth-order valence-corrected chi connectivity index (χ4v) is 2.76. The van der Waals surface area contributed by atoms with Crippen LogP contribution in [0.3, 0.4) is 0 Å². The molecule has 0 aliphatic heterocycles. The molecule has 2 heteroatoms. The van der Waals surface area contributed by atoms with Crippen LogP contribution < -0.4 is 5.73 Å². The molecule has 1 aliphatic carbocycles. The predicted molar refractivity (Wildman–Crippen MR) is 71.4 cm³/mol. The highest BCUT2D eigenvalue weighted by Gasteiger charge is 2.11. The summed E-state index contributed by atoms with van der Waals surface area (Å²) in [7, 11) is 0. The van der Waals surface area contributed by atoms with Crippen LogP contribution >= 0.6 is 11.8 Å². The molecule has 0 bridgehead atoms. The molecular formula is C13H25NS. The zero-order valence-corrected chi connectivity index (χ0v) is 11.0. The first-order chi connectivity index (χ1) is 7.20. The Labute approximate surface area is 98.9 Å². The van der Waals surface area contributed by atoms with Crippen molar-refractivity contribution in [2.24, 2.45) is 5.73 Å². The molecule has 2 N–H and O–H groups in total. The van der Waals surface area contributed by atoms with Crippen LogP contribution in [0.2, 0.25) is 0 Å². The van der Waals surface area contributed by atoms with Crippen LogP contribution in [0.1, 0.15) is 52.4 Å². The molecule has 1 rings (SSSR count). The number of nitrogens with two attached hydrogens (primary N) is 1. The number of allylic oxidation sites excluding steroid dienone is 1. The van der Waals surface area contributed by atoms with E-state index in [4.69, 9.17) is 5.73 Å². The molecule has 1 atom stereocenters. The first-order valence-corrected chi connectivity index (χ1v) is 7.31. The van der Waals surface area contributed by atoms with E-state index in [-0.39, 0.29) is 0 Å². The van der Waals surface area contributed by atoms with Crippen molar-refractivity contribution in [3.05, 3.63) is 11.6 Å².